The summed E-state index contributed by atoms with van der Waals surface area (Å²) < 4.78 is 53.6. The van der Waals surface area contributed by atoms with Crippen molar-refractivity contribution in [3.8, 4) is 5.75 Å². The molecule has 112 valence electrons. The van der Waals surface area contributed by atoms with Gasteiger partial charge >= 0.3 is 6.18 Å². The molecule has 2 nitrogen and oxygen atoms in total. The van der Waals surface area contributed by atoms with Crippen LogP contribution in [-0.2, 0) is 6.54 Å². The van der Waals surface area contributed by atoms with Crippen LogP contribution in [0, 0.1) is 5.82 Å². The fourth-order valence-corrected chi connectivity index (χ4v) is 1.69. The molecule has 0 saturated heterocycles. The van der Waals surface area contributed by atoms with Crippen molar-refractivity contribution in [3.63, 3.8) is 0 Å². The maximum Gasteiger partial charge on any atom is 0.422 e. The van der Waals surface area contributed by atoms with Gasteiger partial charge in [-0.1, -0.05) is 12.1 Å². The highest BCUT2D eigenvalue weighted by Gasteiger charge is 2.28. The smallest absolute Gasteiger partial charge is 0.422 e. The van der Waals surface area contributed by atoms with Crippen molar-refractivity contribution < 1.29 is 22.3 Å². The van der Waals surface area contributed by atoms with Crippen LogP contribution in [0.2, 0.25) is 0 Å². The number of ether oxygens (including phenoxy) is 1. The van der Waals surface area contributed by atoms with Gasteiger partial charge in [0.15, 0.2) is 6.61 Å². The van der Waals surface area contributed by atoms with Gasteiger partial charge in [0.25, 0.3) is 0 Å². The molecule has 0 atom stereocenters. The minimum atomic E-state index is -4.35. The highest BCUT2D eigenvalue weighted by Crippen LogP contribution is 2.20. The first-order chi connectivity index (χ1) is 9.92. The summed E-state index contributed by atoms with van der Waals surface area (Å²) in [6, 6.07) is 12.2. The van der Waals surface area contributed by atoms with Gasteiger partial charge in [-0.05, 0) is 42.0 Å². The molecule has 0 aliphatic carbocycles. The molecule has 6 heteroatoms. The normalized spacial score (nSPS) is 11.2. The molecule has 2 aromatic rings. The van der Waals surface area contributed by atoms with Crippen molar-refractivity contribution in [2.45, 2.75) is 12.7 Å². The lowest BCUT2D eigenvalue weighted by atomic mass is 10.2. The Morgan fingerprint density at radius 3 is 2.33 bits per heavy atom. The third kappa shape index (κ3) is 5.33. The molecule has 1 N–H and O–H groups in total. The van der Waals surface area contributed by atoms with E-state index in [4.69, 9.17) is 0 Å². The van der Waals surface area contributed by atoms with Crippen LogP contribution in [-0.4, -0.2) is 12.8 Å². The average molecular weight is 299 g/mol. The van der Waals surface area contributed by atoms with Gasteiger partial charge in [-0.15, -0.1) is 0 Å². The van der Waals surface area contributed by atoms with Crippen LogP contribution in [0.25, 0.3) is 0 Å². The Morgan fingerprint density at radius 2 is 1.71 bits per heavy atom. The molecule has 2 rings (SSSR count). The largest absolute Gasteiger partial charge is 0.484 e. The lowest BCUT2D eigenvalue weighted by molar-refractivity contribution is -0.153. The Kier molecular flexibility index (Phi) is 4.67. The van der Waals surface area contributed by atoms with E-state index < -0.39 is 12.8 Å². The predicted molar refractivity (Wildman–Crippen MR) is 71.7 cm³/mol. The van der Waals surface area contributed by atoms with Crippen molar-refractivity contribution in [1.29, 1.82) is 0 Å². The number of hydrogen-bond donors (Lipinski definition) is 1. The second-order valence-corrected chi connectivity index (χ2v) is 4.41. The van der Waals surface area contributed by atoms with Crippen molar-refractivity contribution in [1.82, 2.24) is 0 Å². The Bertz CT molecular complexity index is 581. The minimum Gasteiger partial charge on any atom is -0.484 e. The van der Waals surface area contributed by atoms with Gasteiger partial charge in [-0.25, -0.2) is 4.39 Å². The van der Waals surface area contributed by atoms with Gasteiger partial charge in [0.2, 0.25) is 0 Å². The maximum absolute atomic E-state index is 13.0. The third-order valence-corrected chi connectivity index (χ3v) is 2.64. The lowest BCUT2D eigenvalue weighted by Gasteiger charge is -2.10. The molecule has 0 amide bonds. The van der Waals surface area contributed by atoms with Gasteiger partial charge in [-0.3, -0.25) is 0 Å². The fraction of sp³-hybridized carbons (Fsp3) is 0.200. The molecule has 21 heavy (non-hydrogen) atoms. The first-order valence-electron chi connectivity index (χ1n) is 6.20. The molecular formula is C15H13F4NO. The van der Waals surface area contributed by atoms with Crippen molar-refractivity contribution in [2.75, 3.05) is 11.9 Å². The van der Waals surface area contributed by atoms with E-state index in [1.165, 1.54) is 24.3 Å². The lowest BCUT2D eigenvalue weighted by Crippen LogP contribution is -2.19. The van der Waals surface area contributed by atoms with Gasteiger partial charge in [0, 0.05) is 12.2 Å². The second-order valence-electron chi connectivity index (χ2n) is 4.41. The van der Waals surface area contributed by atoms with Gasteiger partial charge in [-0.2, -0.15) is 13.2 Å². The molecule has 0 saturated carbocycles. The highest BCUT2D eigenvalue weighted by atomic mass is 19.4. The summed E-state index contributed by atoms with van der Waals surface area (Å²) >= 11 is 0. The Morgan fingerprint density at radius 1 is 1.00 bits per heavy atom. The van der Waals surface area contributed by atoms with Crippen molar-refractivity contribution in [2.24, 2.45) is 0 Å². The van der Waals surface area contributed by atoms with Gasteiger partial charge < -0.3 is 10.1 Å². The quantitative estimate of drug-likeness (QED) is 0.827. The van der Waals surface area contributed by atoms with Gasteiger partial charge in [0.05, 0.1) is 0 Å². The third-order valence-electron chi connectivity index (χ3n) is 2.64. The number of hydrogen-bond acceptors (Lipinski definition) is 2. The first-order valence-corrected chi connectivity index (χ1v) is 6.20. The van der Waals surface area contributed by atoms with Crippen LogP contribution in [0.3, 0.4) is 0 Å². The molecule has 0 bridgehead atoms. The predicted octanol–water partition coefficient (Wildman–Crippen LogP) is 4.38. The molecule has 0 heterocycles. The van der Waals surface area contributed by atoms with E-state index in [1.807, 2.05) is 0 Å². The topological polar surface area (TPSA) is 21.3 Å². The number of rotatable bonds is 5. The zero-order chi connectivity index (χ0) is 15.3. The van der Waals surface area contributed by atoms with Crippen LogP contribution in [0.15, 0.2) is 48.5 Å². The van der Waals surface area contributed by atoms with Crippen LogP contribution < -0.4 is 10.1 Å². The van der Waals surface area contributed by atoms with Crippen LogP contribution in [0.5, 0.6) is 5.75 Å². The van der Waals surface area contributed by atoms with Gasteiger partial charge in [0.1, 0.15) is 11.6 Å². The summed E-state index contributed by atoms with van der Waals surface area (Å²) in [6.45, 7) is -0.899. The van der Waals surface area contributed by atoms with E-state index in [2.05, 4.69) is 10.1 Å². The Hall–Kier alpha value is -2.24. The number of alkyl halides is 3. The fourth-order valence-electron chi connectivity index (χ4n) is 1.69. The number of nitrogens with one attached hydrogen (secondary N) is 1. The molecule has 0 fully saturated rings. The second kappa shape index (κ2) is 6.47. The van der Waals surface area contributed by atoms with E-state index in [9.17, 15) is 17.6 Å². The molecule has 0 aliphatic heterocycles. The summed E-state index contributed by atoms with van der Waals surface area (Å²) in [4.78, 5) is 0. The first kappa shape index (κ1) is 15.2. The molecule has 0 aromatic heterocycles. The highest BCUT2D eigenvalue weighted by molar-refractivity contribution is 5.46. The molecule has 0 radical (unpaired) electrons. The average Bonchev–Trinajstić information content (AvgIpc) is 2.43. The van der Waals surface area contributed by atoms with E-state index in [0.29, 0.717) is 12.2 Å². The van der Waals surface area contributed by atoms with Crippen LogP contribution in [0.4, 0.5) is 23.2 Å². The summed E-state index contributed by atoms with van der Waals surface area (Å²) in [5.41, 5.74) is 1.48. The van der Waals surface area contributed by atoms with Crippen LogP contribution in [0.1, 0.15) is 5.56 Å². The Balaban J connectivity index is 1.87. The molecule has 0 unspecified atom stereocenters. The maximum atomic E-state index is 13.0. The number of benzene rings is 2. The molecule has 0 spiro atoms. The van der Waals surface area contributed by atoms with E-state index >= 15 is 0 Å². The number of halogens is 4. The van der Waals surface area contributed by atoms with Crippen molar-refractivity contribution >= 4 is 5.69 Å². The van der Waals surface area contributed by atoms with Crippen LogP contribution >= 0.6 is 0 Å². The summed E-state index contributed by atoms with van der Waals surface area (Å²) in [6.07, 6.45) is -4.35. The van der Waals surface area contributed by atoms with E-state index in [0.717, 1.165) is 5.56 Å². The minimum absolute atomic E-state index is 0.142. The van der Waals surface area contributed by atoms with Crippen molar-refractivity contribution in [3.05, 3.63) is 59.9 Å². The monoisotopic (exact) mass is 299 g/mol. The zero-order valence-electron chi connectivity index (χ0n) is 11.0. The SMILES string of the molecule is Fc1cccc(CNc2ccc(OCC(F)(F)F)cc2)c1. The number of anilines is 1. The summed E-state index contributed by atoms with van der Waals surface area (Å²) in [5.74, 6) is -0.172. The molecule has 2 aromatic carbocycles. The molecule has 0 aliphatic rings. The van der Waals surface area contributed by atoms with E-state index in [1.54, 1.807) is 24.3 Å². The van der Waals surface area contributed by atoms with E-state index in [-0.39, 0.29) is 11.6 Å². The summed E-state index contributed by atoms with van der Waals surface area (Å²) in [7, 11) is 0. The zero-order valence-corrected chi connectivity index (χ0v) is 11.0. The molecular weight excluding hydrogens is 286 g/mol. The summed E-state index contributed by atoms with van der Waals surface area (Å²) in [5, 5.41) is 3.04. The standard InChI is InChI=1S/C15H13F4NO/c16-12-3-1-2-11(8-12)9-20-13-4-6-14(7-5-13)21-10-15(17,18)19/h1-8,20H,9-10H2. The Labute approximate surface area is 119 Å².